The Morgan fingerprint density at radius 2 is 1.25 bits per heavy atom. The molecule has 0 saturated heterocycles. The second-order valence-corrected chi connectivity index (χ2v) is 12.8. The summed E-state index contributed by atoms with van der Waals surface area (Å²) < 4.78 is 11.6. The Kier molecular flexibility index (Phi) is 4.72. The molecule has 40 heavy (non-hydrogen) atoms. The molecule has 1 aliphatic rings. The van der Waals surface area contributed by atoms with E-state index in [2.05, 4.69) is 126 Å². The lowest BCUT2D eigenvalue weighted by atomic mass is 9.99. The third-order valence-corrected chi connectivity index (χ3v) is 10.6. The molecule has 0 unspecified atom stereocenters. The lowest BCUT2D eigenvalue weighted by molar-refractivity contribution is 0.673. The standard InChI is InChI=1S/C36H21IN2O/c1-2-12-22(13-3-1)33-25-16-6-9-19-28(25)37-36(38-33)39-29-20-10-7-17-26(29)31-32-27-18-8-11-21-30(27)40-35(32)24-15-5-4-14-23(24)34(31)39/h1-21H. The van der Waals surface area contributed by atoms with Gasteiger partial charge in [-0.05, 0) is 38.9 Å². The average Bonchev–Trinajstić information content (AvgIpc) is 3.58. The van der Waals surface area contributed by atoms with Gasteiger partial charge in [0.05, 0.1) is 16.7 Å². The number of fused-ring (bicyclic) bond motifs is 11. The summed E-state index contributed by atoms with van der Waals surface area (Å²) >= 11 is -0.548. The van der Waals surface area contributed by atoms with Crippen molar-refractivity contribution in [3.05, 3.63) is 141 Å². The van der Waals surface area contributed by atoms with Crippen LogP contribution in [0.15, 0.2) is 137 Å². The Balaban J connectivity index is 1.52. The first-order valence-electron chi connectivity index (χ1n) is 13.4. The Hall–Kier alpha value is -4.55. The van der Waals surface area contributed by atoms with E-state index in [1.165, 1.54) is 41.0 Å². The molecule has 0 atom stereocenters. The first-order chi connectivity index (χ1) is 19.9. The number of nitrogens with zero attached hydrogens (tertiary/aromatic N) is 2. The van der Waals surface area contributed by atoms with E-state index in [0.717, 1.165) is 37.0 Å². The molecule has 0 amide bonds. The van der Waals surface area contributed by atoms with E-state index in [1.807, 2.05) is 6.07 Å². The van der Waals surface area contributed by atoms with Crippen molar-refractivity contribution in [2.45, 2.75) is 0 Å². The van der Waals surface area contributed by atoms with Gasteiger partial charge in [-0.15, -0.1) is 0 Å². The molecular weight excluding hydrogens is 603 g/mol. The number of benzene rings is 6. The summed E-state index contributed by atoms with van der Waals surface area (Å²) in [6, 6.07) is 45.2. The highest BCUT2D eigenvalue weighted by molar-refractivity contribution is 14.2. The van der Waals surface area contributed by atoms with Crippen LogP contribution < -0.4 is 5.22 Å². The van der Waals surface area contributed by atoms with Crippen molar-refractivity contribution in [1.82, 2.24) is 4.57 Å². The fourth-order valence-corrected chi connectivity index (χ4v) is 8.96. The highest BCUT2D eigenvalue weighted by Gasteiger charge is 2.24. The van der Waals surface area contributed by atoms with Crippen LogP contribution in [0.4, 0.5) is 0 Å². The highest BCUT2D eigenvalue weighted by atomic mass is 127. The number of furan rings is 1. The summed E-state index contributed by atoms with van der Waals surface area (Å²) in [4.78, 5) is 5.49. The van der Waals surface area contributed by atoms with Gasteiger partial charge in [0.25, 0.3) is 0 Å². The van der Waals surface area contributed by atoms with Crippen molar-refractivity contribution in [2.24, 2.45) is 4.99 Å². The number of rotatable bonds is 1. The van der Waals surface area contributed by atoms with Crippen LogP contribution in [0, 0.1) is 3.15 Å². The number of para-hydroxylation sites is 2. The van der Waals surface area contributed by atoms with Gasteiger partial charge >= 0.3 is 0 Å². The van der Waals surface area contributed by atoms with Gasteiger partial charge in [0.15, 0.2) is 3.84 Å². The fourth-order valence-electron chi connectivity index (χ4n) is 6.22. The zero-order valence-corrected chi connectivity index (χ0v) is 23.5. The van der Waals surface area contributed by atoms with E-state index in [-0.39, 0.29) is 0 Å². The van der Waals surface area contributed by atoms with Gasteiger partial charge in [0, 0.05) is 46.3 Å². The number of aliphatic imine (C=N–C) groups is 1. The molecule has 1 aliphatic heterocycles. The van der Waals surface area contributed by atoms with E-state index in [9.17, 15) is 0 Å². The lowest BCUT2D eigenvalue weighted by Crippen LogP contribution is -2.15. The van der Waals surface area contributed by atoms with E-state index >= 15 is 0 Å². The molecule has 6 aromatic carbocycles. The first kappa shape index (κ1) is 22.3. The monoisotopic (exact) mass is 624 g/mol. The molecule has 9 rings (SSSR count). The Bertz CT molecular complexity index is 2480. The van der Waals surface area contributed by atoms with E-state index in [1.54, 1.807) is 0 Å². The minimum absolute atomic E-state index is 0.548. The van der Waals surface area contributed by atoms with Crippen molar-refractivity contribution in [3.63, 3.8) is 0 Å². The first-order valence-corrected chi connectivity index (χ1v) is 15.5. The minimum Gasteiger partial charge on any atom is -0.455 e. The van der Waals surface area contributed by atoms with Crippen LogP contribution >= 0.6 is 20.7 Å². The van der Waals surface area contributed by atoms with Crippen molar-refractivity contribution >= 4 is 84.8 Å². The molecule has 0 radical (unpaired) electrons. The van der Waals surface area contributed by atoms with Crippen LogP contribution in [-0.2, 0) is 0 Å². The molecule has 0 spiro atoms. The van der Waals surface area contributed by atoms with Crippen LogP contribution in [0.3, 0.4) is 0 Å². The third kappa shape index (κ3) is 3.05. The summed E-state index contributed by atoms with van der Waals surface area (Å²) in [5.74, 6) is 0. The third-order valence-electron chi connectivity index (χ3n) is 7.90. The number of hydrogen-bond acceptors (Lipinski definition) is 2. The van der Waals surface area contributed by atoms with Gasteiger partial charge < -0.3 is 4.42 Å². The fraction of sp³-hybridized carbons (Fsp3) is 0. The van der Waals surface area contributed by atoms with Crippen LogP contribution in [0.2, 0.25) is 0 Å². The van der Waals surface area contributed by atoms with Gasteiger partial charge in [0.1, 0.15) is 11.2 Å². The van der Waals surface area contributed by atoms with Gasteiger partial charge in [-0.25, -0.2) is 4.99 Å². The highest BCUT2D eigenvalue weighted by Crippen LogP contribution is 2.45. The summed E-state index contributed by atoms with van der Waals surface area (Å²) in [5, 5.41) is 8.37. The molecule has 0 fully saturated rings. The predicted octanol–water partition coefficient (Wildman–Crippen LogP) is 9.14. The topological polar surface area (TPSA) is 30.4 Å². The Morgan fingerprint density at radius 1 is 0.575 bits per heavy atom. The van der Waals surface area contributed by atoms with Crippen molar-refractivity contribution in [1.29, 1.82) is 0 Å². The smallest absolute Gasteiger partial charge is 0.171 e. The zero-order chi connectivity index (χ0) is 26.2. The molecule has 0 N–H and O–H groups in total. The summed E-state index contributed by atoms with van der Waals surface area (Å²) in [6.45, 7) is 0. The number of hydrogen-bond donors (Lipinski definition) is 0. The number of aromatic nitrogens is 1. The van der Waals surface area contributed by atoms with Gasteiger partial charge in [0.2, 0.25) is 0 Å². The SMILES string of the molecule is c1ccc(C2=c3ccccc3=IC(n3c4ccccc4c4c5c6ccccc6oc5c5ccccc5c43)=N2)cc1. The molecule has 2 aromatic heterocycles. The molecule has 188 valence electrons. The maximum atomic E-state index is 6.56. The quantitative estimate of drug-likeness (QED) is 0.168. The summed E-state index contributed by atoms with van der Waals surface area (Å²) in [6.07, 6.45) is 0. The van der Waals surface area contributed by atoms with Crippen molar-refractivity contribution in [2.75, 3.05) is 0 Å². The summed E-state index contributed by atoms with van der Waals surface area (Å²) in [5.41, 5.74) is 6.46. The van der Waals surface area contributed by atoms with Crippen LogP contribution in [0.1, 0.15) is 5.56 Å². The van der Waals surface area contributed by atoms with E-state index < -0.39 is 20.7 Å². The molecule has 0 saturated carbocycles. The molecule has 0 bridgehead atoms. The molecule has 0 aliphatic carbocycles. The molecule has 4 heteroatoms. The Labute approximate surface area is 239 Å². The maximum absolute atomic E-state index is 6.56. The van der Waals surface area contributed by atoms with Crippen LogP contribution in [0.5, 0.6) is 0 Å². The van der Waals surface area contributed by atoms with E-state index in [4.69, 9.17) is 9.41 Å². The second-order valence-electron chi connectivity index (χ2n) is 10.1. The maximum Gasteiger partial charge on any atom is 0.171 e. The van der Waals surface area contributed by atoms with Crippen LogP contribution in [-0.4, -0.2) is 8.41 Å². The minimum atomic E-state index is -0.548. The van der Waals surface area contributed by atoms with Gasteiger partial charge in [-0.3, -0.25) is 4.57 Å². The van der Waals surface area contributed by atoms with Crippen molar-refractivity contribution in [3.8, 4) is 0 Å². The second kappa shape index (κ2) is 8.47. The van der Waals surface area contributed by atoms with Crippen molar-refractivity contribution < 1.29 is 4.42 Å². The average molecular weight is 624 g/mol. The molecule has 3 nitrogen and oxygen atoms in total. The molecule has 8 aromatic rings. The molecule has 3 heterocycles. The largest absolute Gasteiger partial charge is 0.455 e. The Morgan fingerprint density at radius 3 is 2.12 bits per heavy atom. The zero-order valence-electron chi connectivity index (χ0n) is 21.3. The van der Waals surface area contributed by atoms with E-state index in [0.29, 0.717) is 0 Å². The summed E-state index contributed by atoms with van der Waals surface area (Å²) in [7, 11) is 0. The normalized spacial score (nSPS) is 13.5. The number of halogens is 1. The van der Waals surface area contributed by atoms with Crippen LogP contribution in [0.25, 0.3) is 60.2 Å². The molecular formula is C36H21IN2O. The van der Waals surface area contributed by atoms with Gasteiger partial charge in [-0.2, -0.15) is 0 Å². The van der Waals surface area contributed by atoms with Gasteiger partial charge in [-0.1, -0.05) is 109 Å². The predicted molar refractivity (Wildman–Crippen MR) is 175 cm³/mol. The lowest BCUT2D eigenvalue weighted by Gasteiger charge is -2.14.